The molecule has 0 spiro atoms. The Kier molecular flexibility index (Phi) is 11.7. The van der Waals surface area contributed by atoms with Gasteiger partial charge in [-0.2, -0.15) is 0 Å². The maximum atomic E-state index is 14.1. The molecule has 1 N–H and O–H groups in total. The number of amides is 2. The normalized spacial score (nSPS) is 14.3. The van der Waals surface area contributed by atoms with Crippen LogP contribution in [-0.4, -0.2) is 50.0 Å². The highest BCUT2D eigenvalue weighted by Crippen LogP contribution is 2.27. The molecule has 236 valence electrons. The number of benzene rings is 3. The van der Waals surface area contributed by atoms with Crippen molar-refractivity contribution >= 4 is 50.7 Å². The van der Waals surface area contributed by atoms with Gasteiger partial charge in [0.1, 0.15) is 6.04 Å². The van der Waals surface area contributed by atoms with E-state index in [-0.39, 0.29) is 43.8 Å². The van der Waals surface area contributed by atoms with Crippen LogP contribution >= 0.6 is 23.2 Å². The number of carbonyl (C=O) groups is 2. The Bertz CT molecular complexity index is 1560. The molecule has 0 unspecified atom stereocenters. The van der Waals surface area contributed by atoms with Crippen LogP contribution in [0.4, 0.5) is 5.69 Å². The first kappa shape index (κ1) is 33.8. The molecule has 1 fully saturated rings. The molecular weight excluding hydrogens is 617 g/mol. The molecule has 1 aliphatic carbocycles. The maximum absolute atomic E-state index is 14.1. The van der Waals surface area contributed by atoms with Crippen LogP contribution in [0.1, 0.15) is 60.8 Å². The minimum absolute atomic E-state index is 0.0457. The van der Waals surface area contributed by atoms with E-state index in [2.05, 4.69) is 5.32 Å². The van der Waals surface area contributed by atoms with E-state index < -0.39 is 16.1 Å². The summed E-state index contributed by atoms with van der Waals surface area (Å²) in [5.74, 6) is -0.458. The molecule has 10 heteroatoms. The summed E-state index contributed by atoms with van der Waals surface area (Å²) in [7, 11) is -3.60. The number of nitrogens with zero attached hydrogens (tertiary/aromatic N) is 2. The zero-order valence-corrected chi connectivity index (χ0v) is 27.9. The maximum Gasteiger partial charge on any atom is 0.243 e. The first-order valence-corrected chi connectivity index (χ1v) is 17.7. The van der Waals surface area contributed by atoms with Crippen LogP contribution in [0.2, 0.25) is 10.0 Å². The third-order valence-corrected chi connectivity index (χ3v) is 9.88. The summed E-state index contributed by atoms with van der Waals surface area (Å²) < 4.78 is 27.0. The highest BCUT2D eigenvalue weighted by Gasteiger charge is 2.32. The number of aryl methyl sites for hydroxylation is 2. The second-order valence-corrected chi connectivity index (χ2v) is 14.4. The van der Waals surface area contributed by atoms with Gasteiger partial charge in [-0.3, -0.25) is 13.9 Å². The average molecular weight is 659 g/mol. The van der Waals surface area contributed by atoms with Crippen LogP contribution < -0.4 is 9.62 Å². The lowest BCUT2D eigenvalue weighted by atomic mass is 10.0. The van der Waals surface area contributed by atoms with E-state index in [0.29, 0.717) is 27.7 Å². The molecule has 1 aliphatic rings. The molecule has 0 bridgehead atoms. The molecule has 2 amide bonds. The van der Waals surface area contributed by atoms with Crippen LogP contribution in [0.5, 0.6) is 0 Å². The van der Waals surface area contributed by atoms with Gasteiger partial charge in [-0.25, -0.2) is 8.42 Å². The van der Waals surface area contributed by atoms with E-state index in [4.69, 9.17) is 23.2 Å². The van der Waals surface area contributed by atoms with Crippen molar-refractivity contribution in [1.29, 1.82) is 0 Å². The molecule has 0 radical (unpaired) electrons. The van der Waals surface area contributed by atoms with Crippen molar-refractivity contribution in [3.8, 4) is 0 Å². The van der Waals surface area contributed by atoms with E-state index in [1.165, 1.54) is 10.6 Å². The van der Waals surface area contributed by atoms with E-state index in [1.54, 1.807) is 23.1 Å². The summed E-state index contributed by atoms with van der Waals surface area (Å²) in [6, 6.07) is 19.7. The van der Waals surface area contributed by atoms with Crippen LogP contribution in [0.3, 0.4) is 0 Å². The zero-order chi connectivity index (χ0) is 31.9. The Labute approximate surface area is 271 Å². The number of carbonyl (C=O) groups excluding carboxylic acids is 2. The van der Waals surface area contributed by atoms with Gasteiger partial charge in [0.15, 0.2) is 0 Å². The molecule has 0 aliphatic heterocycles. The lowest BCUT2D eigenvalue weighted by Gasteiger charge is -2.33. The van der Waals surface area contributed by atoms with Crippen molar-refractivity contribution in [3.05, 3.63) is 99.0 Å². The molecule has 4 rings (SSSR count). The molecule has 0 saturated heterocycles. The van der Waals surface area contributed by atoms with Crippen molar-refractivity contribution in [3.63, 3.8) is 0 Å². The van der Waals surface area contributed by atoms with E-state index in [1.807, 2.05) is 62.4 Å². The molecule has 1 atom stereocenters. The molecule has 7 nitrogen and oxygen atoms in total. The van der Waals surface area contributed by atoms with Gasteiger partial charge in [-0.05, 0) is 73.6 Å². The summed E-state index contributed by atoms with van der Waals surface area (Å²) in [6.45, 7) is 4.02. The largest absolute Gasteiger partial charge is 0.352 e. The van der Waals surface area contributed by atoms with Gasteiger partial charge >= 0.3 is 0 Å². The average Bonchev–Trinajstić information content (AvgIpc) is 3.48. The lowest BCUT2D eigenvalue weighted by molar-refractivity contribution is -0.141. The lowest BCUT2D eigenvalue weighted by Crippen LogP contribution is -2.52. The van der Waals surface area contributed by atoms with E-state index >= 15 is 0 Å². The predicted molar refractivity (Wildman–Crippen MR) is 179 cm³/mol. The summed E-state index contributed by atoms with van der Waals surface area (Å²) >= 11 is 12.7. The number of rotatable bonds is 13. The zero-order valence-electron chi connectivity index (χ0n) is 25.6. The first-order valence-electron chi connectivity index (χ1n) is 15.0. The molecule has 3 aromatic rings. The number of anilines is 1. The topological polar surface area (TPSA) is 86.8 Å². The number of halogens is 2. The Hall–Kier alpha value is -3.07. The number of hydrogen-bond donors (Lipinski definition) is 1. The van der Waals surface area contributed by atoms with Gasteiger partial charge < -0.3 is 10.2 Å². The SMILES string of the molecule is Cc1ccc(C)c(N(CCCC(=O)N(Cc2ccc(Cl)cc2Cl)[C@@H](Cc2ccccc2)C(=O)NC2CCCC2)S(C)(=O)=O)c1. The highest BCUT2D eigenvalue weighted by atomic mass is 35.5. The summed E-state index contributed by atoms with van der Waals surface area (Å²) in [6.07, 6.45) is 5.78. The molecule has 0 heterocycles. The number of hydrogen-bond acceptors (Lipinski definition) is 4. The van der Waals surface area contributed by atoms with E-state index in [9.17, 15) is 18.0 Å². The van der Waals surface area contributed by atoms with Gasteiger partial charge in [-0.15, -0.1) is 0 Å². The van der Waals surface area contributed by atoms with Gasteiger partial charge in [0, 0.05) is 42.0 Å². The second kappa shape index (κ2) is 15.3. The third kappa shape index (κ3) is 9.22. The summed E-state index contributed by atoms with van der Waals surface area (Å²) in [5.41, 5.74) is 3.97. The van der Waals surface area contributed by atoms with Gasteiger partial charge in [0.2, 0.25) is 21.8 Å². The standard InChI is InChI=1S/C34H41Cl2N3O4S/c1-24-15-16-25(2)31(20-24)39(44(3,42)43)19-9-14-33(40)38(23-27-17-18-28(35)22-30(27)36)32(21-26-10-5-4-6-11-26)34(41)37-29-12-7-8-13-29/h4-6,10-11,15-18,20,22,29,32H,7-9,12-14,19,21,23H2,1-3H3,(H,37,41)/t32-/m0/s1. The molecule has 1 saturated carbocycles. The monoisotopic (exact) mass is 657 g/mol. The van der Waals surface area contributed by atoms with Crippen LogP contribution in [-0.2, 0) is 32.6 Å². The third-order valence-electron chi connectivity index (χ3n) is 8.11. The van der Waals surface area contributed by atoms with Gasteiger partial charge in [-0.1, -0.05) is 84.6 Å². The number of nitrogens with one attached hydrogen (secondary N) is 1. The molecule has 3 aromatic carbocycles. The molecular formula is C34H41Cl2N3O4S. The smallest absolute Gasteiger partial charge is 0.243 e. The van der Waals surface area contributed by atoms with Gasteiger partial charge in [0.25, 0.3) is 0 Å². The van der Waals surface area contributed by atoms with Crippen LogP contribution in [0, 0.1) is 13.8 Å². The fourth-order valence-electron chi connectivity index (χ4n) is 5.73. The predicted octanol–water partition coefficient (Wildman–Crippen LogP) is 6.86. The molecule has 44 heavy (non-hydrogen) atoms. The molecule has 0 aromatic heterocycles. The Morgan fingerprint density at radius 2 is 1.68 bits per heavy atom. The van der Waals surface area contributed by atoms with E-state index in [0.717, 1.165) is 42.4 Å². The van der Waals surface area contributed by atoms with Gasteiger partial charge in [0.05, 0.1) is 11.9 Å². The first-order chi connectivity index (χ1) is 20.9. The minimum atomic E-state index is -3.60. The van der Waals surface area contributed by atoms with Crippen molar-refractivity contribution in [1.82, 2.24) is 10.2 Å². The van der Waals surface area contributed by atoms with Crippen molar-refractivity contribution < 1.29 is 18.0 Å². The van der Waals surface area contributed by atoms with Crippen LogP contribution in [0.15, 0.2) is 66.7 Å². The minimum Gasteiger partial charge on any atom is -0.352 e. The van der Waals surface area contributed by atoms with Crippen molar-refractivity contribution in [2.24, 2.45) is 0 Å². The summed E-state index contributed by atoms with van der Waals surface area (Å²) in [4.78, 5) is 29.6. The highest BCUT2D eigenvalue weighted by molar-refractivity contribution is 7.92. The Balaban J connectivity index is 1.62. The quantitative estimate of drug-likeness (QED) is 0.218. The van der Waals surface area contributed by atoms with Crippen LogP contribution in [0.25, 0.3) is 0 Å². The Morgan fingerprint density at radius 1 is 0.977 bits per heavy atom. The number of sulfonamides is 1. The Morgan fingerprint density at radius 3 is 2.34 bits per heavy atom. The fraction of sp³-hybridized carbons (Fsp3) is 0.412. The van der Waals surface area contributed by atoms with Crippen molar-refractivity contribution in [2.45, 2.75) is 77.4 Å². The summed E-state index contributed by atoms with van der Waals surface area (Å²) in [5, 5.41) is 4.08. The van der Waals surface area contributed by atoms with Crippen molar-refractivity contribution in [2.75, 3.05) is 17.1 Å². The fourth-order valence-corrected chi connectivity index (χ4v) is 7.21. The second-order valence-electron chi connectivity index (χ2n) is 11.7.